The molecule has 3 heterocycles. The first-order valence-corrected chi connectivity index (χ1v) is 14.8. The van der Waals surface area contributed by atoms with E-state index in [1.807, 2.05) is 0 Å². The van der Waals surface area contributed by atoms with Gasteiger partial charge in [0, 0.05) is 16.7 Å². The standard InChI is InChI=1S/C36H39N7/c1-34(2,3)25-16-10-22(11-17-25)28-37-31-39-29(23-12-18-26(19-13-23)35(4,5)6)41-33-42-30(40-32(38-28)43(31)33)24-14-20-27(21-15-24)36(7,8)9/h10-21H,1-9H3. The highest BCUT2D eigenvalue weighted by molar-refractivity contribution is 6.34. The minimum Gasteiger partial charge on any atom is -0.213 e. The van der Waals surface area contributed by atoms with Crippen molar-refractivity contribution >= 4 is 35.4 Å². The second kappa shape index (κ2) is 10.0. The lowest BCUT2D eigenvalue weighted by atomic mass is 9.86. The van der Waals surface area contributed by atoms with Gasteiger partial charge in [0.25, 0.3) is 0 Å². The molecule has 3 aromatic carbocycles. The number of hydrogen-bond acceptors (Lipinski definition) is 7. The highest BCUT2D eigenvalue weighted by Crippen LogP contribution is 2.28. The molecule has 0 saturated carbocycles. The first kappa shape index (κ1) is 28.6. The smallest absolute Gasteiger partial charge is 0.213 e. The van der Waals surface area contributed by atoms with Crippen LogP contribution in [0.25, 0.3) is 0 Å². The second-order valence-electron chi connectivity index (χ2n) is 14.4. The molecule has 0 unspecified atom stereocenters. The highest BCUT2D eigenvalue weighted by Gasteiger charge is 2.36. The van der Waals surface area contributed by atoms with Gasteiger partial charge in [-0.05, 0) is 32.9 Å². The van der Waals surface area contributed by atoms with Gasteiger partial charge < -0.3 is 0 Å². The molecule has 0 aromatic heterocycles. The minimum absolute atomic E-state index is 0.0490. The zero-order valence-corrected chi connectivity index (χ0v) is 26.6. The summed E-state index contributed by atoms with van der Waals surface area (Å²) in [7, 11) is 0. The lowest BCUT2D eigenvalue weighted by molar-refractivity contribution is 0.590. The van der Waals surface area contributed by atoms with Crippen LogP contribution in [0.15, 0.2) is 103 Å². The third-order valence-electron chi connectivity index (χ3n) is 7.86. The van der Waals surface area contributed by atoms with Crippen molar-refractivity contribution < 1.29 is 0 Å². The van der Waals surface area contributed by atoms with Gasteiger partial charge in [0.2, 0.25) is 17.9 Å². The molecule has 3 aromatic rings. The van der Waals surface area contributed by atoms with Crippen LogP contribution in [0.4, 0.5) is 0 Å². The van der Waals surface area contributed by atoms with Gasteiger partial charge in [-0.1, -0.05) is 135 Å². The summed E-state index contributed by atoms with van der Waals surface area (Å²) in [6, 6.07) is 25.2. The first-order valence-electron chi connectivity index (χ1n) is 14.8. The van der Waals surface area contributed by atoms with Crippen molar-refractivity contribution in [2.24, 2.45) is 30.0 Å². The quantitative estimate of drug-likeness (QED) is 0.319. The van der Waals surface area contributed by atoms with Crippen LogP contribution in [0, 0.1) is 0 Å². The van der Waals surface area contributed by atoms with Crippen LogP contribution in [-0.4, -0.2) is 40.3 Å². The molecule has 0 spiro atoms. The Morgan fingerprint density at radius 2 is 0.581 bits per heavy atom. The molecule has 0 atom stereocenters. The van der Waals surface area contributed by atoms with Gasteiger partial charge >= 0.3 is 0 Å². The van der Waals surface area contributed by atoms with E-state index in [2.05, 4.69) is 135 Å². The molecule has 218 valence electrons. The first-order chi connectivity index (χ1) is 20.2. The molecular formula is C36H39N7. The van der Waals surface area contributed by atoms with E-state index in [0.717, 1.165) is 16.7 Å². The van der Waals surface area contributed by atoms with Crippen LogP contribution in [0.3, 0.4) is 0 Å². The monoisotopic (exact) mass is 569 g/mol. The van der Waals surface area contributed by atoms with E-state index < -0.39 is 0 Å². The van der Waals surface area contributed by atoms with Gasteiger partial charge in [-0.2, -0.15) is 30.0 Å². The van der Waals surface area contributed by atoms with E-state index in [1.54, 1.807) is 4.90 Å². The summed E-state index contributed by atoms with van der Waals surface area (Å²) in [5.74, 6) is 3.03. The van der Waals surface area contributed by atoms with Crippen molar-refractivity contribution in [3.8, 4) is 0 Å². The molecule has 6 rings (SSSR count). The second-order valence-corrected chi connectivity index (χ2v) is 14.4. The van der Waals surface area contributed by atoms with Gasteiger partial charge in [-0.15, -0.1) is 0 Å². The average molecular weight is 570 g/mol. The van der Waals surface area contributed by atoms with Gasteiger partial charge in [-0.25, -0.2) is 4.90 Å². The molecular weight excluding hydrogens is 530 g/mol. The van der Waals surface area contributed by atoms with Crippen LogP contribution >= 0.6 is 0 Å². The van der Waals surface area contributed by atoms with E-state index in [0.29, 0.717) is 35.4 Å². The van der Waals surface area contributed by atoms with Crippen LogP contribution in [0.1, 0.15) is 95.7 Å². The summed E-state index contributed by atoms with van der Waals surface area (Å²) >= 11 is 0. The predicted molar refractivity (Wildman–Crippen MR) is 179 cm³/mol. The molecule has 43 heavy (non-hydrogen) atoms. The Labute approximate surface area is 254 Å². The van der Waals surface area contributed by atoms with Crippen molar-refractivity contribution in [2.75, 3.05) is 0 Å². The van der Waals surface area contributed by atoms with Crippen molar-refractivity contribution in [1.29, 1.82) is 0 Å². The molecule has 0 radical (unpaired) electrons. The Hall–Kier alpha value is -4.52. The highest BCUT2D eigenvalue weighted by atomic mass is 15.5. The zero-order chi connectivity index (χ0) is 30.7. The molecule has 3 aliphatic rings. The van der Waals surface area contributed by atoms with Crippen LogP contribution < -0.4 is 0 Å². The Morgan fingerprint density at radius 1 is 0.349 bits per heavy atom. The Bertz CT molecular complexity index is 1550. The summed E-state index contributed by atoms with van der Waals surface area (Å²) in [6.07, 6.45) is 0. The van der Waals surface area contributed by atoms with Crippen molar-refractivity contribution in [3.63, 3.8) is 0 Å². The summed E-state index contributed by atoms with van der Waals surface area (Å²) in [4.78, 5) is 31.1. The van der Waals surface area contributed by atoms with Crippen LogP contribution in [0.2, 0.25) is 0 Å². The fourth-order valence-electron chi connectivity index (χ4n) is 5.03. The van der Waals surface area contributed by atoms with Gasteiger partial charge in [0.05, 0.1) is 0 Å². The molecule has 0 aliphatic carbocycles. The summed E-state index contributed by atoms with van der Waals surface area (Å²) < 4.78 is 0. The fraction of sp³-hybridized carbons (Fsp3) is 0.333. The number of rotatable bonds is 3. The Kier molecular flexibility index (Phi) is 6.68. The lowest BCUT2D eigenvalue weighted by Crippen LogP contribution is -2.48. The van der Waals surface area contributed by atoms with Gasteiger partial charge in [0.1, 0.15) is 0 Å². The SMILES string of the molecule is CC(C)(C)c1ccc(C2=NC3=NC(c4ccc(C(C)(C)C)cc4)=NC4=NC(c5ccc(C(C)(C)C)cc5)=NC(=N2)N34)cc1. The molecule has 0 fully saturated rings. The molecule has 0 amide bonds. The lowest BCUT2D eigenvalue weighted by Gasteiger charge is -2.30. The fourth-order valence-corrected chi connectivity index (χ4v) is 5.03. The molecule has 0 saturated heterocycles. The van der Waals surface area contributed by atoms with Crippen LogP contribution in [0.5, 0.6) is 0 Å². The molecule has 3 aliphatic heterocycles. The molecule has 0 bridgehead atoms. The third-order valence-corrected chi connectivity index (χ3v) is 7.86. The van der Waals surface area contributed by atoms with Crippen molar-refractivity contribution in [1.82, 2.24) is 4.90 Å². The number of hydrogen-bond donors (Lipinski definition) is 0. The van der Waals surface area contributed by atoms with Crippen molar-refractivity contribution in [3.05, 3.63) is 106 Å². The number of aliphatic imine (C=N–C) groups is 6. The summed E-state index contributed by atoms with van der Waals surface area (Å²) in [5.41, 5.74) is 6.59. The van der Waals surface area contributed by atoms with Crippen molar-refractivity contribution in [2.45, 2.75) is 78.6 Å². The number of guanidine groups is 3. The minimum atomic E-state index is 0.0490. The Balaban J connectivity index is 1.46. The molecule has 7 heteroatoms. The van der Waals surface area contributed by atoms with Gasteiger partial charge in [-0.3, -0.25) is 0 Å². The topological polar surface area (TPSA) is 77.4 Å². The van der Waals surface area contributed by atoms with Gasteiger partial charge in [0.15, 0.2) is 17.5 Å². The normalized spacial score (nSPS) is 16.8. The van der Waals surface area contributed by atoms with Crippen LogP contribution in [-0.2, 0) is 16.2 Å². The van der Waals surface area contributed by atoms with E-state index >= 15 is 0 Å². The number of benzene rings is 3. The third kappa shape index (κ3) is 5.64. The van der Waals surface area contributed by atoms with E-state index in [-0.39, 0.29) is 16.2 Å². The maximum absolute atomic E-state index is 4.89. The summed E-state index contributed by atoms with van der Waals surface area (Å²) in [6.45, 7) is 19.8. The Morgan fingerprint density at radius 3 is 0.791 bits per heavy atom. The molecule has 7 nitrogen and oxygen atoms in total. The predicted octanol–water partition coefficient (Wildman–Crippen LogP) is 7.63. The number of nitrogens with zero attached hydrogens (tertiary/aromatic N) is 7. The largest absolute Gasteiger partial charge is 0.243 e. The maximum Gasteiger partial charge on any atom is 0.243 e. The molecule has 0 N–H and O–H groups in total. The van der Waals surface area contributed by atoms with E-state index in [4.69, 9.17) is 30.0 Å². The van der Waals surface area contributed by atoms with E-state index in [1.165, 1.54) is 16.7 Å². The summed E-state index contributed by atoms with van der Waals surface area (Å²) in [5, 5.41) is 0. The maximum atomic E-state index is 4.89. The number of amidine groups is 3. The zero-order valence-electron chi connectivity index (χ0n) is 26.6. The average Bonchev–Trinajstić information content (AvgIpc) is 2.95. The van der Waals surface area contributed by atoms with E-state index in [9.17, 15) is 0 Å².